The molecule has 1 aromatic heterocycles. The van der Waals surface area contributed by atoms with Gasteiger partial charge in [-0.25, -0.2) is 0 Å². The molecule has 8 heteroatoms. The van der Waals surface area contributed by atoms with E-state index in [-0.39, 0.29) is 11.5 Å². The van der Waals surface area contributed by atoms with Gasteiger partial charge in [0.2, 0.25) is 5.78 Å². The van der Waals surface area contributed by atoms with E-state index >= 15 is 0 Å². The third-order valence-electron chi connectivity index (χ3n) is 5.59. The van der Waals surface area contributed by atoms with Crippen LogP contribution in [-0.2, 0) is 15.2 Å². The third kappa shape index (κ3) is 2.64. The monoisotopic (exact) mass is 418 g/mol. The van der Waals surface area contributed by atoms with Crippen molar-refractivity contribution in [3.8, 4) is 11.5 Å². The predicted octanol–water partition coefficient (Wildman–Crippen LogP) is 3.38. The number of hydrogen-bond acceptors (Lipinski definition) is 7. The molecular weight excluding hydrogens is 400 g/mol. The van der Waals surface area contributed by atoms with Crippen LogP contribution in [0.4, 0.5) is 5.69 Å². The van der Waals surface area contributed by atoms with Gasteiger partial charge in [0, 0.05) is 22.9 Å². The molecule has 2 aromatic carbocycles. The lowest BCUT2D eigenvalue weighted by atomic mass is 9.75. The van der Waals surface area contributed by atoms with Crippen LogP contribution in [0.3, 0.4) is 0 Å². The SMILES string of the molecule is COc1ccc(C2=NO[C@@]3(C(=O)Nc4ccccc43)[C@@H]2C(=O)c2ccco2)c(OC)c1. The minimum Gasteiger partial charge on any atom is -0.497 e. The maximum absolute atomic E-state index is 13.6. The number of anilines is 1. The second-order valence-corrected chi connectivity index (χ2v) is 7.14. The van der Waals surface area contributed by atoms with Crippen molar-refractivity contribution in [1.82, 2.24) is 0 Å². The van der Waals surface area contributed by atoms with Crippen LogP contribution < -0.4 is 14.8 Å². The molecule has 5 rings (SSSR count). The van der Waals surface area contributed by atoms with Crippen molar-refractivity contribution in [2.75, 3.05) is 19.5 Å². The van der Waals surface area contributed by atoms with Gasteiger partial charge < -0.3 is 24.0 Å². The fourth-order valence-corrected chi connectivity index (χ4v) is 4.13. The molecule has 8 nitrogen and oxygen atoms in total. The lowest BCUT2D eigenvalue weighted by Gasteiger charge is -2.26. The minimum absolute atomic E-state index is 0.104. The van der Waals surface area contributed by atoms with Gasteiger partial charge in [-0.2, -0.15) is 0 Å². The summed E-state index contributed by atoms with van der Waals surface area (Å²) in [5, 5.41) is 7.05. The van der Waals surface area contributed by atoms with E-state index < -0.39 is 23.2 Å². The summed E-state index contributed by atoms with van der Waals surface area (Å²) in [6, 6.07) is 15.4. The number of benzene rings is 2. The van der Waals surface area contributed by atoms with E-state index in [1.54, 1.807) is 61.7 Å². The Kier molecular flexibility index (Phi) is 4.28. The van der Waals surface area contributed by atoms with Gasteiger partial charge in [-0.1, -0.05) is 23.4 Å². The number of nitrogens with one attached hydrogen (secondary N) is 1. The van der Waals surface area contributed by atoms with Gasteiger partial charge in [-0.15, -0.1) is 0 Å². The summed E-state index contributed by atoms with van der Waals surface area (Å²) in [6.07, 6.45) is 1.41. The number of Topliss-reactive ketones (excluding diaryl/α,β-unsaturated/α-hetero) is 1. The highest BCUT2D eigenvalue weighted by atomic mass is 16.7. The molecule has 0 saturated carbocycles. The number of carbonyl (C=O) groups excluding carboxylic acids is 2. The number of rotatable bonds is 5. The summed E-state index contributed by atoms with van der Waals surface area (Å²) in [7, 11) is 3.05. The first-order chi connectivity index (χ1) is 15.1. The molecule has 2 aliphatic heterocycles. The molecule has 0 radical (unpaired) electrons. The maximum Gasteiger partial charge on any atom is 0.277 e. The summed E-state index contributed by atoms with van der Waals surface area (Å²) < 4.78 is 16.1. The van der Waals surface area contributed by atoms with Crippen molar-refractivity contribution < 1.29 is 28.3 Å². The fraction of sp³-hybridized carbons (Fsp3) is 0.174. The number of amides is 1. The highest BCUT2D eigenvalue weighted by Crippen LogP contribution is 2.50. The molecule has 0 bridgehead atoms. The van der Waals surface area contributed by atoms with Crippen LogP contribution in [0, 0.1) is 5.92 Å². The second kappa shape index (κ2) is 7.02. The number of nitrogens with zero attached hydrogens (tertiary/aromatic N) is 1. The Morgan fingerprint density at radius 3 is 2.68 bits per heavy atom. The number of ether oxygens (including phenoxy) is 2. The second-order valence-electron chi connectivity index (χ2n) is 7.14. The first-order valence-electron chi connectivity index (χ1n) is 9.57. The fourth-order valence-electron chi connectivity index (χ4n) is 4.13. The maximum atomic E-state index is 13.6. The Bertz CT molecular complexity index is 1220. The van der Waals surface area contributed by atoms with E-state index in [0.29, 0.717) is 28.3 Å². The Morgan fingerprint density at radius 1 is 1.10 bits per heavy atom. The molecule has 31 heavy (non-hydrogen) atoms. The van der Waals surface area contributed by atoms with Crippen molar-refractivity contribution >= 4 is 23.1 Å². The zero-order valence-corrected chi connectivity index (χ0v) is 16.7. The lowest BCUT2D eigenvalue weighted by Crippen LogP contribution is -2.46. The quantitative estimate of drug-likeness (QED) is 0.638. The van der Waals surface area contributed by atoms with Crippen molar-refractivity contribution in [1.29, 1.82) is 0 Å². The smallest absolute Gasteiger partial charge is 0.277 e. The van der Waals surface area contributed by atoms with Crippen molar-refractivity contribution in [2.45, 2.75) is 5.60 Å². The molecule has 0 aliphatic carbocycles. The molecule has 0 unspecified atom stereocenters. The van der Waals surface area contributed by atoms with Gasteiger partial charge in [0.1, 0.15) is 23.1 Å². The number of para-hydroxylation sites is 1. The van der Waals surface area contributed by atoms with Crippen LogP contribution in [0.2, 0.25) is 0 Å². The average Bonchev–Trinajstić information content (AvgIpc) is 3.53. The number of oxime groups is 1. The topological polar surface area (TPSA) is 99.4 Å². The van der Waals surface area contributed by atoms with Gasteiger partial charge in [0.15, 0.2) is 5.76 Å². The average molecular weight is 418 g/mol. The first kappa shape index (κ1) is 18.9. The number of furan rings is 1. The summed E-state index contributed by atoms with van der Waals surface area (Å²) in [5.74, 6) is -0.872. The van der Waals surface area contributed by atoms with Crippen LogP contribution in [0.1, 0.15) is 21.7 Å². The number of hydrogen-bond donors (Lipinski definition) is 1. The first-order valence-corrected chi connectivity index (χ1v) is 9.57. The van der Waals surface area contributed by atoms with Gasteiger partial charge in [0.25, 0.3) is 11.5 Å². The van der Waals surface area contributed by atoms with Gasteiger partial charge in [-0.05, 0) is 30.3 Å². The Hall–Kier alpha value is -4.07. The molecule has 1 spiro atoms. The standard InChI is InChI=1S/C23H18N2O6/c1-28-13-9-10-14(18(12-13)29-2)20-19(21(26)17-8-5-11-30-17)23(31-25-20)15-6-3-4-7-16(15)24-22(23)27/h3-12,19H,1-2H3,(H,24,27)/t19-,23+/m0/s1. The predicted molar refractivity (Wildman–Crippen MR) is 110 cm³/mol. The van der Waals surface area contributed by atoms with E-state index in [2.05, 4.69) is 10.5 Å². The van der Waals surface area contributed by atoms with Crippen molar-refractivity contribution in [3.63, 3.8) is 0 Å². The summed E-state index contributed by atoms with van der Waals surface area (Å²) in [6.45, 7) is 0. The van der Waals surface area contributed by atoms with Crippen LogP contribution in [0.15, 0.2) is 70.4 Å². The van der Waals surface area contributed by atoms with Gasteiger partial charge in [0.05, 0.1) is 20.5 Å². The molecule has 0 fully saturated rings. The van der Waals surface area contributed by atoms with Crippen molar-refractivity contribution in [2.24, 2.45) is 11.1 Å². The molecule has 2 aliphatic rings. The van der Waals surface area contributed by atoms with Crippen LogP contribution in [0.5, 0.6) is 11.5 Å². The molecule has 0 saturated heterocycles. The van der Waals surface area contributed by atoms with Crippen LogP contribution in [0.25, 0.3) is 0 Å². The van der Waals surface area contributed by atoms with E-state index in [4.69, 9.17) is 18.7 Å². The Labute approximate surface area is 177 Å². The highest BCUT2D eigenvalue weighted by Gasteiger charge is 2.64. The normalized spacial score (nSPS) is 21.3. The zero-order chi connectivity index (χ0) is 21.6. The number of fused-ring (bicyclic) bond motifs is 2. The molecule has 2 atom stereocenters. The summed E-state index contributed by atoms with van der Waals surface area (Å²) in [5.41, 5.74) is 0.245. The van der Waals surface area contributed by atoms with E-state index in [9.17, 15) is 9.59 Å². The molecular formula is C23H18N2O6. The Balaban J connectivity index is 1.71. The van der Waals surface area contributed by atoms with Crippen LogP contribution >= 0.6 is 0 Å². The van der Waals surface area contributed by atoms with E-state index in [1.807, 2.05) is 0 Å². The van der Waals surface area contributed by atoms with E-state index in [0.717, 1.165) is 0 Å². The van der Waals surface area contributed by atoms with Crippen molar-refractivity contribution in [3.05, 3.63) is 77.7 Å². The molecule has 3 heterocycles. The van der Waals surface area contributed by atoms with E-state index in [1.165, 1.54) is 13.4 Å². The van der Waals surface area contributed by atoms with Crippen LogP contribution in [-0.4, -0.2) is 31.6 Å². The highest BCUT2D eigenvalue weighted by molar-refractivity contribution is 6.24. The lowest BCUT2D eigenvalue weighted by molar-refractivity contribution is -0.140. The number of carbonyl (C=O) groups is 2. The molecule has 156 valence electrons. The third-order valence-corrected chi connectivity index (χ3v) is 5.59. The molecule has 1 N–H and O–H groups in total. The number of methoxy groups -OCH3 is 2. The number of ketones is 1. The van der Waals surface area contributed by atoms with Gasteiger partial charge in [-0.3, -0.25) is 9.59 Å². The molecule has 3 aromatic rings. The largest absolute Gasteiger partial charge is 0.497 e. The summed E-state index contributed by atoms with van der Waals surface area (Å²) in [4.78, 5) is 32.7. The summed E-state index contributed by atoms with van der Waals surface area (Å²) >= 11 is 0. The van der Waals surface area contributed by atoms with Gasteiger partial charge >= 0.3 is 0 Å². The molecule has 1 amide bonds. The minimum atomic E-state index is -1.65. The Morgan fingerprint density at radius 2 is 1.94 bits per heavy atom. The zero-order valence-electron chi connectivity index (χ0n) is 16.7.